The van der Waals surface area contributed by atoms with Crippen LogP contribution in [0.5, 0.6) is 0 Å². The highest BCUT2D eigenvalue weighted by Crippen LogP contribution is 2.13. The minimum Gasteiger partial charge on any atom is -0.348 e. The number of halogens is 1. The molecular weight excluding hydrogens is 315 g/mol. The number of benzene rings is 2. The number of carbonyl (C=O) groups excluding carboxylic acids is 1. The highest BCUT2D eigenvalue weighted by molar-refractivity contribution is 5.91. The highest BCUT2D eigenvalue weighted by Gasteiger charge is 2.11. The van der Waals surface area contributed by atoms with Crippen molar-refractivity contribution >= 4 is 12.0 Å². The standard InChI is InChI=1S/C21H23FN2O/c22-20-5-3-4-17(14-20)10-11-21(25)23-15-18-6-8-19(9-7-18)16-24-12-1-2-13-24/h3-11,14H,1-2,12-13,15-16H2,(H,23,25)/b11-10+. The van der Waals surface area contributed by atoms with E-state index in [0.29, 0.717) is 12.1 Å². The molecule has 0 radical (unpaired) electrons. The normalized spacial score (nSPS) is 14.9. The maximum Gasteiger partial charge on any atom is 0.244 e. The van der Waals surface area contributed by atoms with Crippen LogP contribution in [0.25, 0.3) is 6.08 Å². The molecule has 1 saturated heterocycles. The fourth-order valence-corrected chi connectivity index (χ4v) is 2.99. The first kappa shape index (κ1) is 17.4. The average molecular weight is 338 g/mol. The van der Waals surface area contributed by atoms with Gasteiger partial charge in [-0.25, -0.2) is 4.39 Å². The van der Waals surface area contributed by atoms with Crippen LogP contribution in [0.1, 0.15) is 29.5 Å². The first-order valence-corrected chi connectivity index (χ1v) is 8.71. The Morgan fingerprint density at radius 2 is 1.80 bits per heavy atom. The van der Waals surface area contributed by atoms with Gasteiger partial charge in [0, 0.05) is 19.2 Å². The number of hydrogen-bond donors (Lipinski definition) is 1. The van der Waals surface area contributed by atoms with E-state index in [9.17, 15) is 9.18 Å². The zero-order valence-corrected chi connectivity index (χ0v) is 14.2. The molecule has 1 amide bonds. The zero-order chi connectivity index (χ0) is 17.5. The number of amides is 1. The van der Waals surface area contributed by atoms with Crippen molar-refractivity contribution in [1.82, 2.24) is 10.2 Å². The van der Waals surface area contributed by atoms with Crippen molar-refractivity contribution in [2.45, 2.75) is 25.9 Å². The van der Waals surface area contributed by atoms with Crippen LogP contribution >= 0.6 is 0 Å². The summed E-state index contributed by atoms with van der Waals surface area (Å²) >= 11 is 0. The predicted octanol–water partition coefficient (Wildman–Crippen LogP) is 3.75. The minimum absolute atomic E-state index is 0.189. The molecule has 0 unspecified atom stereocenters. The lowest BCUT2D eigenvalue weighted by molar-refractivity contribution is -0.116. The van der Waals surface area contributed by atoms with Gasteiger partial charge in [-0.15, -0.1) is 0 Å². The van der Waals surface area contributed by atoms with Crippen molar-refractivity contribution in [1.29, 1.82) is 0 Å². The van der Waals surface area contributed by atoms with Gasteiger partial charge in [0.1, 0.15) is 5.82 Å². The number of rotatable bonds is 6. The summed E-state index contributed by atoms with van der Waals surface area (Å²) < 4.78 is 13.1. The van der Waals surface area contributed by atoms with Gasteiger partial charge in [0.05, 0.1) is 0 Å². The number of carbonyl (C=O) groups is 1. The topological polar surface area (TPSA) is 32.3 Å². The van der Waals surface area contributed by atoms with Gasteiger partial charge in [0.25, 0.3) is 0 Å². The molecule has 1 aliphatic heterocycles. The SMILES string of the molecule is O=C(/C=C/c1cccc(F)c1)NCc1ccc(CN2CCCC2)cc1. The molecular formula is C21H23FN2O. The summed E-state index contributed by atoms with van der Waals surface area (Å²) in [5, 5.41) is 2.85. The first-order chi connectivity index (χ1) is 12.2. The Morgan fingerprint density at radius 3 is 2.52 bits per heavy atom. The molecule has 1 heterocycles. The number of likely N-dealkylation sites (tertiary alicyclic amines) is 1. The van der Waals surface area contributed by atoms with Crippen molar-refractivity contribution < 1.29 is 9.18 Å². The van der Waals surface area contributed by atoms with Gasteiger partial charge < -0.3 is 5.32 Å². The quantitative estimate of drug-likeness (QED) is 0.814. The molecule has 1 fully saturated rings. The van der Waals surface area contributed by atoms with Crippen molar-refractivity contribution in [3.8, 4) is 0 Å². The molecule has 0 saturated carbocycles. The molecule has 2 aromatic rings. The Morgan fingerprint density at radius 1 is 1.08 bits per heavy atom. The van der Waals surface area contributed by atoms with Crippen molar-refractivity contribution in [3.05, 3.63) is 77.1 Å². The van der Waals surface area contributed by atoms with Gasteiger partial charge in [0.15, 0.2) is 0 Å². The molecule has 4 heteroatoms. The average Bonchev–Trinajstić information content (AvgIpc) is 3.12. The van der Waals surface area contributed by atoms with Crippen molar-refractivity contribution in [2.24, 2.45) is 0 Å². The Kier molecular flexibility index (Phi) is 5.96. The van der Waals surface area contributed by atoms with E-state index in [1.807, 2.05) is 0 Å². The lowest BCUT2D eigenvalue weighted by Crippen LogP contribution is -2.20. The van der Waals surface area contributed by atoms with Gasteiger partial charge in [0.2, 0.25) is 5.91 Å². The fourth-order valence-electron chi connectivity index (χ4n) is 2.99. The van der Waals surface area contributed by atoms with Gasteiger partial charge in [-0.1, -0.05) is 36.4 Å². The Hall–Kier alpha value is -2.46. The molecule has 0 spiro atoms. The van der Waals surface area contributed by atoms with E-state index in [1.165, 1.54) is 49.7 Å². The van der Waals surface area contributed by atoms with Crippen LogP contribution in [0, 0.1) is 5.82 Å². The molecule has 0 aliphatic carbocycles. The fraction of sp³-hybridized carbons (Fsp3) is 0.286. The van der Waals surface area contributed by atoms with Gasteiger partial charge in [-0.05, 0) is 60.8 Å². The molecule has 0 atom stereocenters. The third-order valence-corrected chi connectivity index (χ3v) is 4.37. The second kappa shape index (κ2) is 8.58. The van der Waals surface area contributed by atoms with Crippen LogP contribution in [-0.2, 0) is 17.9 Å². The summed E-state index contributed by atoms with van der Waals surface area (Å²) in [6.07, 6.45) is 5.63. The van der Waals surface area contributed by atoms with Gasteiger partial charge in [-0.3, -0.25) is 9.69 Å². The summed E-state index contributed by atoms with van der Waals surface area (Å²) in [5.74, 6) is -0.498. The number of nitrogens with zero attached hydrogens (tertiary/aromatic N) is 1. The zero-order valence-electron chi connectivity index (χ0n) is 14.2. The lowest BCUT2D eigenvalue weighted by Gasteiger charge is -2.14. The summed E-state index contributed by atoms with van der Waals surface area (Å²) in [7, 11) is 0. The maximum absolute atomic E-state index is 13.1. The number of nitrogens with one attached hydrogen (secondary N) is 1. The monoisotopic (exact) mass is 338 g/mol. The molecule has 0 bridgehead atoms. The second-order valence-electron chi connectivity index (χ2n) is 6.41. The first-order valence-electron chi connectivity index (χ1n) is 8.71. The van der Waals surface area contributed by atoms with Crippen LogP contribution in [-0.4, -0.2) is 23.9 Å². The van der Waals surface area contributed by atoms with Crippen molar-refractivity contribution in [2.75, 3.05) is 13.1 Å². The summed E-state index contributed by atoms with van der Waals surface area (Å²) in [6, 6.07) is 14.5. The predicted molar refractivity (Wildman–Crippen MR) is 98.2 cm³/mol. The Balaban J connectivity index is 1.46. The van der Waals surface area contributed by atoms with E-state index in [-0.39, 0.29) is 11.7 Å². The van der Waals surface area contributed by atoms with Crippen LogP contribution < -0.4 is 5.32 Å². The highest BCUT2D eigenvalue weighted by atomic mass is 19.1. The van der Waals surface area contributed by atoms with Gasteiger partial charge in [-0.2, -0.15) is 0 Å². The summed E-state index contributed by atoms with van der Waals surface area (Å²) in [4.78, 5) is 14.3. The molecule has 0 aromatic heterocycles. The summed E-state index contributed by atoms with van der Waals surface area (Å²) in [5.41, 5.74) is 3.04. The number of hydrogen-bond acceptors (Lipinski definition) is 2. The summed E-state index contributed by atoms with van der Waals surface area (Å²) in [6.45, 7) is 3.87. The largest absolute Gasteiger partial charge is 0.348 e. The molecule has 3 nitrogen and oxygen atoms in total. The minimum atomic E-state index is -0.309. The maximum atomic E-state index is 13.1. The van der Waals surface area contributed by atoms with E-state index in [1.54, 1.807) is 18.2 Å². The van der Waals surface area contributed by atoms with Crippen LogP contribution in [0.3, 0.4) is 0 Å². The third-order valence-electron chi connectivity index (χ3n) is 4.37. The van der Waals surface area contributed by atoms with Crippen LogP contribution in [0.4, 0.5) is 4.39 Å². The van der Waals surface area contributed by atoms with E-state index < -0.39 is 0 Å². The van der Waals surface area contributed by atoms with E-state index >= 15 is 0 Å². The molecule has 3 rings (SSSR count). The van der Waals surface area contributed by atoms with Gasteiger partial charge >= 0.3 is 0 Å². The Labute approximate surface area is 148 Å². The van der Waals surface area contributed by atoms with Crippen molar-refractivity contribution in [3.63, 3.8) is 0 Å². The van der Waals surface area contributed by atoms with E-state index in [2.05, 4.69) is 34.5 Å². The smallest absolute Gasteiger partial charge is 0.244 e. The van der Waals surface area contributed by atoms with E-state index in [4.69, 9.17) is 0 Å². The molecule has 1 aliphatic rings. The second-order valence-corrected chi connectivity index (χ2v) is 6.41. The van der Waals surface area contributed by atoms with Crippen LogP contribution in [0.2, 0.25) is 0 Å². The molecule has 1 N–H and O–H groups in total. The molecule has 2 aromatic carbocycles. The van der Waals surface area contributed by atoms with Crippen LogP contribution in [0.15, 0.2) is 54.6 Å². The molecule has 130 valence electrons. The Bertz CT molecular complexity index is 734. The van der Waals surface area contributed by atoms with E-state index in [0.717, 1.165) is 12.1 Å². The molecule has 25 heavy (non-hydrogen) atoms. The lowest BCUT2D eigenvalue weighted by atomic mass is 10.1. The third kappa shape index (κ3) is 5.54.